The number of nitrogens with one attached hydrogen (secondary N) is 1. The summed E-state index contributed by atoms with van der Waals surface area (Å²) in [5.41, 5.74) is 1.11. The fourth-order valence-electron chi connectivity index (χ4n) is 1.59. The maximum absolute atomic E-state index is 11.1. The Morgan fingerprint density at radius 3 is 2.68 bits per heavy atom. The van der Waals surface area contributed by atoms with Gasteiger partial charge in [0.25, 0.3) is 0 Å². The van der Waals surface area contributed by atoms with Crippen LogP contribution in [-0.4, -0.2) is 45.0 Å². The molecule has 5 nitrogen and oxygen atoms in total. The smallest absolute Gasteiger partial charge is 0.148 e. The molecule has 0 fully saturated rings. The topological polar surface area (TPSA) is 62.6 Å². The molecule has 6 heteroatoms. The first kappa shape index (κ1) is 16.2. The van der Waals surface area contributed by atoms with Crippen LogP contribution in [0.4, 0.5) is 0 Å². The number of furan rings is 1. The van der Waals surface area contributed by atoms with Crippen LogP contribution >= 0.6 is 0 Å². The monoisotopic (exact) mass is 288 g/mol. The highest BCUT2D eigenvalue weighted by molar-refractivity contribution is 7.90. The maximum atomic E-state index is 11.1. The molecule has 0 saturated carbocycles. The summed E-state index contributed by atoms with van der Waals surface area (Å²) in [6.45, 7) is 6.12. The Kier molecular flexibility index (Phi) is 6.03. The molecule has 0 unspecified atom stereocenters. The van der Waals surface area contributed by atoms with Crippen molar-refractivity contribution in [3.05, 3.63) is 23.7 Å². The highest BCUT2D eigenvalue weighted by atomic mass is 32.2. The van der Waals surface area contributed by atoms with Gasteiger partial charge in [0.05, 0.1) is 18.6 Å². The highest BCUT2D eigenvalue weighted by Crippen LogP contribution is 2.10. The zero-order valence-corrected chi connectivity index (χ0v) is 13.0. The van der Waals surface area contributed by atoms with Gasteiger partial charge in [-0.2, -0.15) is 0 Å². The molecule has 110 valence electrons. The van der Waals surface area contributed by atoms with Crippen molar-refractivity contribution in [3.8, 4) is 0 Å². The van der Waals surface area contributed by atoms with Crippen LogP contribution in [0.3, 0.4) is 0 Å². The van der Waals surface area contributed by atoms with Gasteiger partial charge in [0.1, 0.15) is 15.6 Å². The van der Waals surface area contributed by atoms with Crippen LogP contribution in [0.1, 0.15) is 25.2 Å². The van der Waals surface area contributed by atoms with Crippen molar-refractivity contribution in [2.75, 3.05) is 25.6 Å². The van der Waals surface area contributed by atoms with E-state index in [1.807, 2.05) is 18.0 Å². The lowest BCUT2D eigenvalue weighted by Crippen LogP contribution is -2.24. The predicted octanol–water partition coefficient (Wildman–Crippen LogP) is 1.25. The predicted molar refractivity (Wildman–Crippen MR) is 76.7 cm³/mol. The minimum Gasteiger partial charge on any atom is -0.468 e. The van der Waals surface area contributed by atoms with Crippen LogP contribution in [0.15, 0.2) is 16.7 Å². The van der Waals surface area contributed by atoms with Gasteiger partial charge in [-0.05, 0) is 13.1 Å². The summed E-state index contributed by atoms with van der Waals surface area (Å²) in [5.74, 6) is 1.03. The Labute approximate surface area is 115 Å². The Bertz CT molecular complexity index is 480. The molecule has 1 rings (SSSR count). The first-order valence-electron chi connectivity index (χ1n) is 6.42. The molecule has 0 spiro atoms. The molecule has 0 aliphatic carbocycles. The van der Waals surface area contributed by atoms with Gasteiger partial charge in [-0.15, -0.1) is 0 Å². The molecule has 0 aromatic carbocycles. The van der Waals surface area contributed by atoms with Crippen molar-refractivity contribution in [2.24, 2.45) is 0 Å². The van der Waals surface area contributed by atoms with Gasteiger partial charge < -0.3 is 9.73 Å². The molecule has 1 N–H and O–H groups in total. The molecule has 19 heavy (non-hydrogen) atoms. The molecule has 0 bridgehead atoms. The van der Waals surface area contributed by atoms with Crippen molar-refractivity contribution < 1.29 is 12.8 Å². The van der Waals surface area contributed by atoms with Crippen LogP contribution in [0.25, 0.3) is 0 Å². The molecular weight excluding hydrogens is 264 g/mol. The lowest BCUT2D eigenvalue weighted by atomic mass is 10.3. The van der Waals surface area contributed by atoms with E-state index in [4.69, 9.17) is 4.42 Å². The second-order valence-electron chi connectivity index (χ2n) is 5.32. The Morgan fingerprint density at radius 1 is 1.42 bits per heavy atom. The fraction of sp³-hybridized carbons (Fsp3) is 0.692. The number of nitrogens with zero attached hydrogens (tertiary/aromatic N) is 1. The Hall–Kier alpha value is -0.850. The Morgan fingerprint density at radius 2 is 2.11 bits per heavy atom. The second-order valence-corrected chi connectivity index (χ2v) is 7.58. The third-order valence-electron chi connectivity index (χ3n) is 2.69. The minimum atomic E-state index is -2.91. The summed E-state index contributed by atoms with van der Waals surface area (Å²) in [4.78, 5) is 1.94. The van der Waals surface area contributed by atoms with E-state index >= 15 is 0 Å². The van der Waals surface area contributed by atoms with Crippen molar-refractivity contribution in [1.82, 2.24) is 10.2 Å². The number of hydrogen-bond acceptors (Lipinski definition) is 5. The standard InChI is InChI=1S/C13H24N2O3S/c1-11(2)14-8-12-7-13(18-10-12)9-15(3)5-6-19(4,16)17/h7,10-11,14H,5-6,8-9H2,1-4H3. The van der Waals surface area contributed by atoms with Crippen LogP contribution in [0.5, 0.6) is 0 Å². The molecule has 1 aromatic heterocycles. The van der Waals surface area contributed by atoms with Crippen LogP contribution in [0, 0.1) is 0 Å². The summed E-state index contributed by atoms with van der Waals surface area (Å²) in [5, 5.41) is 3.32. The zero-order valence-electron chi connectivity index (χ0n) is 12.1. The lowest BCUT2D eigenvalue weighted by molar-refractivity contribution is 0.310. The highest BCUT2D eigenvalue weighted by Gasteiger charge is 2.09. The number of hydrogen-bond donors (Lipinski definition) is 1. The van der Waals surface area contributed by atoms with E-state index in [-0.39, 0.29) is 5.75 Å². The summed E-state index contributed by atoms with van der Waals surface area (Å²) in [6.07, 6.45) is 3.00. The molecule has 0 saturated heterocycles. The first-order valence-corrected chi connectivity index (χ1v) is 8.48. The van der Waals surface area contributed by atoms with Gasteiger partial charge >= 0.3 is 0 Å². The SMILES string of the molecule is CC(C)NCc1coc(CN(C)CCS(C)(=O)=O)c1. The second kappa shape index (κ2) is 7.07. The Balaban J connectivity index is 2.40. The number of sulfone groups is 1. The maximum Gasteiger partial charge on any atom is 0.148 e. The average Bonchev–Trinajstić information content (AvgIpc) is 2.70. The van der Waals surface area contributed by atoms with Gasteiger partial charge in [0.15, 0.2) is 0 Å². The van der Waals surface area contributed by atoms with E-state index in [1.165, 1.54) is 6.26 Å². The largest absolute Gasteiger partial charge is 0.468 e. The van der Waals surface area contributed by atoms with Crippen LogP contribution in [-0.2, 0) is 22.9 Å². The number of rotatable bonds is 8. The van der Waals surface area contributed by atoms with E-state index in [0.29, 0.717) is 19.1 Å². The third kappa shape index (κ3) is 7.34. The van der Waals surface area contributed by atoms with Crippen molar-refractivity contribution in [1.29, 1.82) is 0 Å². The van der Waals surface area contributed by atoms with Gasteiger partial charge in [-0.3, -0.25) is 4.90 Å². The molecule has 0 atom stereocenters. The fourth-order valence-corrected chi connectivity index (χ4v) is 2.23. The minimum absolute atomic E-state index is 0.173. The van der Waals surface area contributed by atoms with E-state index in [1.54, 1.807) is 6.26 Å². The third-order valence-corrected chi connectivity index (χ3v) is 3.62. The van der Waals surface area contributed by atoms with Crippen molar-refractivity contribution >= 4 is 9.84 Å². The van der Waals surface area contributed by atoms with Crippen LogP contribution < -0.4 is 5.32 Å². The van der Waals surface area contributed by atoms with Crippen LogP contribution in [0.2, 0.25) is 0 Å². The normalized spacial score (nSPS) is 12.5. The zero-order chi connectivity index (χ0) is 14.5. The summed E-state index contributed by atoms with van der Waals surface area (Å²) in [7, 11) is -1.02. The lowest BCUT2D eigenvalue weighted by Gasteiger charge is -2.13. The summed E-state index contributed by atoms with van der Waals surface area (Å²) in [6, 6.07) is 2.45. The average molecular weight is 288 g/mol. The van der Waals surface area contributed by atoms with E-state index in [9.17, 15) is 8.42 Å². The van der Waals surface area contributed by atoms with E-state index in [2.05, 4.69) is 19.2 Å². The van der Waals surface area contributed by atoms with Crippen molar-refractivity contribution in [3.63, 3.8) is 0 Å². The summed E-state index contributed by atoms with van der Waals surface area (Å²) < 4.78 is 27.6. The van der Waals surface area contributed by atoms with Gasteiger partial charge in [0, 0.05) is 31.0 Å². The first-order chi connectivity index (χ1) is 8.76. The van der Waals surface area contributed by atoms with E-state index in [0.717, 1.165) is 17.9 Å². The summed E-state index contributed by atoms with van der Waals surface area (Å²) >= 11 is 0. The molecule has 0 radical (unpaired) electrons. The molecule has 0 amide bonds. The molecule has 1 heterocycles. The van der Waals surface area contributed by atoms with Crippen molar-refractivity contribution in [2.45, 2.75) is 33.0 Å². The molecule has 1 aromatic rings. The molecule has 0 aliphatic rings. The van der Waals surface area contributed by atoms with Gasteiger partial charge in [-0.25, -0.2) is 8.42 Å². The molecule has 0 aliphatic heterocycles. The quantitative estimate of drug-likeness (QED) is 0.780. The van der Waals surface area contributed by atoms with E-state index < -0.39 is 9.84 Å². The van der Waals surface area contributed by atoms with Gasteiger partial charge in [-0.1, -0.05) is 13.8 Å². The molecular formula is C13H24N2O3S. The van der Waals surface area contributed by atoms with Gasteiger partial charge in [0.2, 0.25) is 0 Å².